The molecule has 0 aliphatic heterocycles. The molecule has 0 aromatic carbocycles. The molecule has 0 radical (unpaired) electrons. The zero-order valence-electron chi connectivity index (χ0n) is 9.68. The lowest BCUT2D eigenvalue weighted by Crippen LogP contribution is -2.44. The van der Waals surface area contributed by atoms with E-state index in [1.54, 1.807) is 25.8 Å². The third kappa shape index (κ3) is 3.10. The van der Waals surface area contributed by atoms with Gasteiger partial charge in [0.1, 0.15) is 11.2 Å². The largest absolute Gasteiger partial charge is 0.344 e. The van der Waals surface area contributed by atoms with Gasteiger partial charge in [-0.15, -0.1) is 0 Å². The van der Waals surface area contributed by atoms with Crippen LogP contribution in [-0.4, -0.2) is 43.8 Å². The number of hydrogen-bond donors (Lipinski definition) is 1. The summed E-state index contributed by atoms with van der Waals surface area (Å²) in [5.74, 6) is -0.223. The van der Waals surface area contributed by atoms with E-state index in [2.05, 4.69) is 5.32 Å². The van der Waals surface area contributed by atoms with Gasteiger partial charge in [-0.25, -0.2) is 0 Å². The molecule has 0 unspecified atom stereocenters. The fourth-order valence-corrected chi connectivity index (χ4v) is 1.01. The number of rotatable bonds is 5. The highest BCUT2D eigenvalue weighted by molar-refractivity contribution is 6.04. The molecule has 0 saturated carbocycles. The fraction of sp³-hybridized carbons (Fsp3) is 0.800. The van der Waals surface area contributed by atoms with Crippen LogP contribution in [-0.2, 0) is 9.59 Å². The third-order valence-electron chi connectivity index (χ3n) is 2.46. The maximum Gasteiger partial charge on any atom is 0.235 e. The van der Waals surface area contributed by atoms with Crippen LogP contribution >= 0.6 is 0 Å². The van der Waals surface area contributed by atoms with E-state index in [0.29, 0.717) is 6.54 Å². The van der Waals surface area contributed by atoms with Gasteiger partial charge in [0.2, 0.25) is 5.91 Å². The number of nitrogens with one attached hydrogen (secondary N) is 1. The van der Waals surface area contributed by atoms with Crippen molar-refractivity contribution in [2.75, 3.05) is 27.2 Å². The van der Waals surface area contributed by atoms with E-state index in [-0.39, 0.29) is 11.7 Å². The van der Waals surface area contributed by atoms with E-state index in [1.807, 2.05) is 7.05 Å². The SMILES string of the molecule is CNCCN(C)C(=O)C(C)(C)C(C)=O. The first kappa shape index (κ1) is 13.1. The minimum Gasteiger partial charge on any atom is -0.344 e. The van der Waals surface area contributed by atoms with Gasteiger partial charge in [0, 0.05) is 20.1 Å². The highest BCUT2D eigenvalue weighted by Gasteiger charge is 2.34. The van der Waals surface area contributed by atoms with Gasteiger partial charge in [0.05, 0.1) is 0 Å². The molecule has 0 fully saturated rings. The normalized spacial score (nSPS) is 11.2. The van der Waals surface area contributed by atoms with Crippen molar-refractivity contribution in [1.29, 1.82) is 0 Å². The van der Waals surface area contributed by atoms with E-state index < -0.39 is 5.41 Å². The molecule has 0 spiro atoms. The summed E-state index contributed by atoms with van der Waals surface area (Å²) in [7, 11) is 3.54. The Kier molecular flexibility index (Phi) is 4.77. The molecular weight excluding hydrogens is 180 g/mol. The molecule has 1 amide bonds. The van der Waals surface area contributed by atoms with Crippen LogP contribution in [0.4, 0.5) is 0 Å². The van der Waals surface area contributed by atoms with Crippen molar-refractivity contribution in [2.24, 2.45) is 5.41 Å². The van der Waals surface area contributed by atoms with Gasteiger partial charge in [0.25, 0.3) is 0 Å². The maximum absolute atomic E-state index is 11.8. The molecule has 0 aliphatic rings. The van der Waals surface area contributed by atoms with E-state index in [9.17, 15) is 9.59 Å². The van der Waals surface area contributed by atoms with E-state index >= 15 is 0 Å². The lowest BCUT2D eigenvalue weighted by Gasteiger charge is -2.27. The number of hydrogen-bond acceptors (Lipinski definition) is 3. The van der Waals surface area contributed by atoms with Crippen molar-refractivity contribution in [3.8, 4) is 0 Å². The number of carbonyl (C=O) groups excluding carboxylic acids is 2. The van der Waals surface area contributed by atoms with Crippen molar-refractivity contribution in [1.82, 2.24) is 10.2 Å². The van der Waals surface area contributed by atoms with Crippen LogP contribution in [0.2, 0.25) is 0 Å². The van der Waals surface area contributed by atoms with E-state index in [1.165, 1.54) is 6.92 Å². The Balaban J connectivity index is 4.38. The summed E-state index contributed by atoms with van der Waals surface area (Å²) in [4.78, 5) is 24.6. The van der Waals surface area contributed by atoms with Crippen LogP contribution in [0.25, 0.3) is 0 Å². The Morgan fingerprint density at radius 2 is 1.86 bits per heavy atom. The second-order valence-electron chi connectivity index (χ2n) is 4.01. The molecule has 1 N–H and O–H groups in total. The molecule has 4 nitrogen and oxygen atoms in total. The number of Topliss-reactive ketones (excluding diaryl/α,β-unsaturated/α-hetero) is 1. The molecule has 4 heteroatoms. The number of amides is 1. The van der Waals surface area contributed by atoms with Crippen molar-refractivity contribution in [3.63, 3.8) is 0 Å². The highest BCUT2D eigenvalue weighted by Crippen LogP contribution is 2.19. The van der Waals surface area contributed by atoms with Crippen molar-refractivity contribution in [3.05, 3.63) is 0 Å². The molecule has 0 aromatic heterocycles. The molecule has 82 valence electrons. The molecule has 14 heavy (non-hydrogen) atoms. The highest BCUT2D eigenvalue weighted by atomic mass is 16.2. The van der Waals surface area contributed by atoms with Gasteiger partial charge >= 0.3 is 0 Å². The quantitative estimate of drug-likeness (QED) is 0.648. The molecule has 0 bridgehead atoms. The topological polar surface area (TPSA) is 49.4 Å². The monoisotopic (exact) mass is 200 g/mol. The average molecular weight is 200 g/mol. The molecule has 0 aliphatic carbocycles. The zero-order valence-corrected chi connectivity index (χ0v) is 9.68. The predicted octanol–water partition coefficient (Wildman–Crippen LogP) is 0.279. The van der Waals surface area contributed by atoms with Crippen molar-refractivity contribution < 1.29 is 9.59 Å². The molecule has 0 atom stereocenters. The Labute approximate surface area is 85.7 Å². The average Bonchev–Trinajstić information content (AvgIpc) is 2.12. The summed E-state index contributed by atoms with van der Waals surface area (Å²) >= 11 is 0. The first-order valence-electron chi connectivity index (χ1n) is 4.75. The van der Waals surface area contributed by atoms with Gasteiger partial charge in [0.15, 0.2) is 0 Å². The fourth-order valence-electron chi connectivity index (χ4n) is 1.01. The summed E-state index contributed by atoms with van der Waals surface area (Å²) in [5, 5.41) is 2.96. The first-order chi connectivity index (χ1) is 6.34. The van der Waals surface area contributed by atoms with Crippen LogP contribution in [0.15, 0.2) is 0 Å². The first-order valence-corrected chi connectivity index (χ1v) is 4.75. The van der Waals surface area contributed by atoms with E-state index in [4.69, 9.17) is 0 Å². The number of ketones is 1. The molecular formula is C10H20N2O2. The van der Waals surface area contributed by atoms with Crippen LogP contribution in [0, 0.1) is 5.41 Å². The summed E-state index contributed by atoms with van der Waals surface area (Å²) < 4.78 is 0. The van der Waals surface area contributed by atoms with E-state index in [0.717, 1.165) is 6.54 Å². The van der Waals surface area contributed by atoms with Crippen LogP contribution in [0.1, 0.15) is 20.8 Å². The maximum atomic E-state index is 11.8. The number of carbonyl (C=O) groups is 2. The summed E-state index contributed by atoms with van der Waals surface area (Å²) in [6.45, 7) is 6.12. The predicted molar refractivity (Wildman–Crippen MR) is 56.0 cm³/mol. The third-order valence-corrected chi connectivity index (χ3v) is 2.46. The zero-order chi connectivity index (χ0) is 11.4. The molecule has 0 saturated heterocycles. The van der Waals surface area contributed by atoms with Gasteiger partial charge in [-0.1, -0.05) is 0 Å². The van der Waals surface area contributed by atoms with Crippen molar-refractivity contribution in [2.45, 2.75) is 20.8 Å². The summed E-state index contributed by atoms with van der Waals surface area (Å²) in [6.07, 6.45) is 0. The molecule has 0 heterocycles. The molecule has 0 rings (SSSR count). The van der Waals surface area contributed by atoms with Gasteiger partial charge < -0.3 is 10.2 Å². The second-order valence-corrected chi connectivity index (χ2v) is 4.01. The minimum absolute atomic E-state index is 0.0983. The Morgan fingerprint density at radius 1 is 1.36 bits per heavy atom. The summed E-state index contributed by atoms with van der Waals surface area (Å²) in [5.41, 5.74) is -0.900. The Hall–Kier alpha value is -0.900. The van der Waals surface area contributed by atoms with Crippen LogP contribution < -0.4 is 5.32 Å². The molecule has 0 aromatic rings. The van der Waals surface area contributed by atoms with Crippen LogP contribution in [0.5, 0.6) is 0 Å². The standard InChI is InChI=1S/C10H20N2O2/c1-8(13)10(2,3)9(14)12(5)7-6-11-4/h11H,6-7H2,1-5H3. The smallest absolute Gasteiger partial charge is 0.235 e. The van der Waals surface area contributed by atoms with Gasteiger partial charge in [-0.05, 0) is 27.8 Å². The lowest BCUT2D eigenvalue weighted by molar-refractivity contribution is -0.145. The summed E-state index contributed by atoms with van der Waals surface area (Å²) in [6, 6.07) is 0. The van der Waals surface area contributed by atoms with Crippen molar-refractivity contribution >= 4 is 11.7 Å². The number of nitrogens with zero attached hydrogens (tertiary/aromatic N) is 1. The number of likely N-dealkylation sites (N-methyl/N-ethyl adjacent to an activating group) is 2. The Morgan fingerprint density at radius 3 is 2.21 bits per heavy atom. The van der Waals surface area contributed by atoms with Gasteiger partial charge in [-0.2, -0.15) is 0 Å². The van der Waals surface area contributed by atoms with Gasteiger partial charge in [-0.3, -0.25) is 9.59 Å². The minimum atomic E-state index is -0.900. The van der Waals surface area contributed by atoms with Crippen LogP contribution in [0.3, 0.4) is 0 Å². The lowest BCUT2D eigenvalue weighted by atomic mass is 9.87. The Bertz CT molecular complexity index is 224. The second kappa shape index (κ2) is 5.10.